The molecule has 0 unspecified atom stereocenters. The molecule has 5 nitrogen and oxygen atoms in total. The van der Waals surface area contributed by atoms with Gasteiger partial charge < -0.3 is 14.6 Å². The van der Waals surface area contributed by atoms with Gasteiger partial charge in [0.05, 0.1) is 28.8 Å². The van der Waals surface area contributed by atoms with Crippen molar-refractivity contribution in [2.75, 3.05) is 11.4 Å². The van der Waals surface area contributed by atoms with Crippen LogP contribution in [0.5, 0.6) is 0 Å². The molecule has 2 N–H and O–H groups in total. The van der Waals surface area contributed by atoms with Crippen molar-refractivity contribution in [1.29, 1.82) is 5.41 Å². The molecule has 6 heteroatoms. The summed E-state index contributed by atoms with van der Waals surface area (Å²) in [6, 6.07) is 13.8. The fraction of sp³-hybridized carbons (Fsp3) is 0.111. The molecule has 0 saturated carbocycles. The number of aromatic nitrogens is 2. The van der Waals surface area contributed by atoms with Crippen LogP contribution in [0.25, 0.3) is 16.6 Å². The number of benzene rings is 2. The summed E-state index contributed by atoms with van der Waals surface area (Å²) in [4.78, 5) is 5.97. The second-order valence-electron chi connectivity index (χ2n) is 5.69. The third-order valence-electron chi connectivity index (χ3n) is 4.26. The van der Waals surface area contributed by atoms with Gasteiger partial charge in [0.2, 0.25) is 0 Å². The smallest absolute Gasteiger partial charge is 0.148 e. The quantitative estimate of drug-likeness (QED) is 0.759. The van der Waals surface area contributed by atoms with Gasteiger partial charge in [0, 0.05) is 7.05 Å². The molecule has 2 heterocycles. The predicted molar refractivity (Wildman–Crippen MR) is 91.7 cm³/mol. The topological polar surface area (TPSA) is 65.1 Å². The molecule has 120 valence electrons. The average Bonchev–Trinajstić information content (AvgIpc) is 3.05. The third-order valence-corrected chi connectivity index (χ3v) is 4.26. The van der Waals surface area contributed by atoms with Crippen molar-refractivity contribution < 1.29 is 9.50 Å². The molecular formula is C18H15FN4O. The van der Waals surface area contributed by atoms with E-state index >= 15 is 0 Å². The van der Waals surface area contributed by atoms with Crippen LogP contribution >= 0.6 is 0 Å². The maximum absolute atomic E-state index is 14.1. The molecule has 0 radical (unpaired) electrons. The number of hydrogen-bond donors (Lipinski definition) is 2. The number of aliphatic hydroxyl groups is 1. The number of aliphatic hydroxyl groups excluding tert-OH is 1. The number of imidazole rings is 1. The number of fused-ring (bicyclic) bond motifs is 1. The Morgan fingerprint density at radius 3 is 2.58 bits per heavy atom. The fourth-order valence-corrected chi connectivity index (χ4v) is 3.06. The molecule has 1 aromatic heterocycles. The second-order valence-corrected chi connectivity index (χ2v) is 5.69. The number of nitrogens with one attached hydrogen (secondary N) is 1. The van der Waals surface area contributed by atoms with E-state index in [9.17, 15) is 9.50 Å². The van der Waals surface area contributed by atoms with Gasteiger partial charge in [0.25, 0.3) is 0 Å². The number of para-hydroxylation sites is 3. The minimum absolute atomic E-state index is 0.0154. The number of nitrogens with zero attached hydrogens (tertiary/aromatic N) is 3. The van der Waals surface area contributed by atoms with Crippen molar-refractivity contribution in [3.05, 3.63) is 65.9 Å². The van der Waals surface area contributed by atoms with Crippen LogP contribution in [0.2, 0.25) is 0 Å². The zero-order valence-corrected chi connectivity index (χ0v) is 13.0. The monoisotopic (exact) mass is 322 g/mol. The Hall–Kier alpha value is -3.15. The van der Waals surface area contributed by atoms with E-state index in [-0.39, 0.29) is 23.8 Å². The zero-order chi connectivity index (χ0) is 16.8. The molecule has 0 spiro atoms. The minimum Gasteiger partial charge on any atom is -0.509 e. The van der Waals surface area contributed by atoms with E-state index in [2.05, 4.69) is 4.98 Å². The highest BCUT2D eigenvalue weighted by molar-refractivity contribution is 6.30. The Kier molecular flexibility index (Phi) is 3.13. The first-order valence-electron chi connectivity index (χ1n) is 7.53. The van der Waals surface area contributed by atoms with Crippen molar-refractivity contribution >= 4 is 28.1 Å². The molecule has 1 aliphatic heterocycles. The number of halogens is 1. The lowest BCUT2D eigenvalue weighted by Crippen LogP contribution is -2.27. The van der Waals surface area contributed by atoms with Crippen molar-refractivity contribution in [2.45, 2.75) is 0 Å². The highest BCUT2D eigenvalue weighted by Gasteiger charge is 2.33. The Balaban J connectivity index is 1.81. The Bertz CT molecular complexity index is 1010. The van der Waals surface area contributed by atoms with Crippen molar-refractivity contribution in [1.82, 2.24) is 9.55 Å². The molecule has 1 aliphatic rings. The molecule has 4 rings (SSSR count). The Morgan fingerprint density at radius 1 is 1.12 bits per heavy atom. The van der Waals surface area contributed by atoms with Gasteiger partial charge in [0.15, 0.2) is 0 Å². The van der Waals surface area contributed by atoms with Gasteiger partial charge in [-0.25, -0.2) is 9.37 Å². The molecule has 2 aromatic carbocycles. The summed E-state index contributed by atoms with van der Waals surface area (Å²) in [5.74, 6) is 0.122. The van der Waals surface area contributed by atoms with Gasteiger partial charge in [-0.05, 0) is 24.3 Å². The molecule has 0 atom stereocenters. The standard InChI is InChI=1S/C18H15FN4O/c1-22-14-9-5-3-7-12(14)21-18(22)16-15(24)10-23(17(16)20)13-8-4-2-6-11(13)19/h2-9,20,24H,10H2,1H3. The van der Waals surface area contributed by atoms with Crippen molar-refractivity contribution in [3.63, 3.8) is 0 Å². The summed E-state index contributed by atoms with van der Waals surface area (Å²) >= 11 is 0. The van der Waals surface area contributed by atoms with E-state index in [1.54, 1.807) is 18.2 Å². The molecule has 0 amide bonds. The third kappa shape index (κ3) is 2.00. The van der Waals surface area contributed by atoms with E-state index in [1.165, 1.54) is 11.0 Å². The van der Waals surface area contributed by atoms with Gasteiger partial charge in [-0.3, -0.25) is 5.41 Å². The number of amidine groups is 1. The second kappa shape index (κ2) is 5.19. The van der Waals surface area contributed by atoms with Crippen LogP contribution in [0.3, 0.4) is 0 Å². The molecule has 0 aliphatic carbocycles. The summed E-state index contributed by atoms with van der Waals surface area (Å²) in [6.45, 7) is 0.0539. The molecule has 0 fully saturated rings. The molecule has 3 aromatic rings. The lowest BCUT2D eigenvalue weighted by molar-refractivity contribution is 0.411. The van der Waals surface area contributed by atoms with Gasteiger partial charge in [-0.15, -0.1) is 0 Å². The van der Waals surface area contributed by atoms with Crippen LogP contribution in [0, 0.1) is 11.2 Å². The van der Waals surface area contributed by atoms with E-state index < -0.39 is 5.82 Å². The van der Waals surface area contributed by atoms with Crippen molar-refractivity contribution in [3.8, 4) is 0 Å². The number of anilines is 1. The summed E-state index contributed by atoms with van der Waals surface area (Å²) < 4.78 is 15.9. The van der Waals surface area contributed by atoms with Crippen LogP contribution in [0.1, 0.15) is 5.82 Å². The SMILES string of the molecule is Cn1c(C2=C(O)CN(c3ccccc3F)C2=N)nc2ccccc21. The molecule has 0 saturated heterocycles. The van der Waals surface area contributed by atoms with Gasteiger partial charge in [-0.1, -0.05) is 24.3 Å². The Labute approximate surface area is 137 Å². The van der Waals surface area contributed by atoms with Crippen LogP contribution < -0.4 is 4.90 Å². The normalized spacial score (nSPS) is 14.9. The summed E-state index contributed by atoms with van der Waals surface area (Å²) in [7, 11) is 1.84. The first kappa shape index (κ1) is 14.4. The van der Waals surface area contributed by atoms with Gasteiger partial charge >= 0.3 is 0 Å². The minimum atomic E-state index is -0.429. The largest absolute Gasteiger partial charge is 0.509 e. The lowest BCUT2D eigenvalue weighted by atomic mass is 10.2. The Morgan fingerprint density at radius 2 is 1.83 bits per heavy atom. The van der Waals surface area contributed by atoms with Crippen LogP contribution in [0.15, 0.2) is 54.3 Å². The first-order valence-corrected chi connectivity index (χ1v) is 7.53. The lowest BCUT2D eigenvalue weighted by Gasteiger charge is -2.19. The molecule has 0 bridgehead atoms. The zero-order valence-electron chi connectivity index (χ0n) is 13.0. The fourth-order valence-electron chi connectivity index (χ4n) is 3.06. The van der Waals surface area contributed by atoms with Crippen LogP contribution in [-0.2, 0) is 7.05 Å². The summed E-state index contributed by atoms with van der Waals surface area (Å²) in [5.41, 5.74) is 2.29. The van der Waals surface area contributed by atoms with Gasteiger partial charge in [0.1, 0.15) is 23.2 Å². The average molecular weight is 322 g/mol. The maximum Gasteiger partial charge on any atom is 0.148 e. The predicted octanol–water partition coefficient (Wildman–Crippen LogP) is 3.48. The highest BCUT2D eigenvalue weighted by atomic mass is 19.1. The number of aryl methyl sites for hydroxylation is 1. The number of hydrogen-bond acceptors (Lipinski definition) is 3. The van der Waals surface area contributed by atoms with E-state index in [1.807, 2.05) is 35.9 Å². The molecule has 24 heavy (non-hydrogen) atoms. The van der Waals surface area contributed by atoms with Crippen LogP contribution in [-0.4, -0.2) is 27.0 Å². The van der Waals surface area contributed by atoms with E-state index in [0.29, 0.717) is 11.4 Å². The summed E-state index contributed by atoms with van der Waals surface area (Å²) in [6.07, 6.45) is 0. The van der Waals surface area contributed by atoms with Crippen molar-refractivity contribution in [2.24, 2.45) is 7.05 Å². The van der Waals surface area contributed by atoms with E-state index in [0.717, 1.165) is 11.0 Å². The maximum atomic E-state index is 14.1. The van der Waals surface area contributed by atoms with E-state index in [4.69, 9.17) is 5.41 Å². The first-order chi connectivity index (χ1) is 11.6. The molecular weight excluding hydrogens is 307 g/mol. The summed E-state index contributed by atoms with van der Waals surface area (Å²) in [5, 5.41) is 18.8. The van der Waals surface area contributed by atoms with Gasteiger partial charge in [-0.2, -0.15) is 0 Å². The highest BCUT2D eigenvalue weighted by Crippen LogP contribution is 2.32. The van der Waals surface area contributed by atoms with Crippen LogP contribution in [0.4, 0.5) is 10.1 Å². The number of rotatable bonds is 2.